The van der Waals surface area contributed by atoms with Crippen molar-refractivity contribution in [2.24, 2.45) is 0 Å². The van der Waals surface area contributed by atoms with E-state index in [4.69, 9.17) is 10.2 Å². The van der Waals surface area contributed by atoms with Gasteiger partial charge in [0, 0.05) is 12.2 Å². The Balaban J connectivity index is 0. The zero-order chi connectivity index (χ0) is 23.4. The van der Waals surface area contributed by atoms with Gasteiger partial charge in [0.15, 0.2) is 0 Å². The number of carboxylic acids is 1. The van der Waals surface area contributed by atoms with Crippen LogP contribution in [-0.2, 0) is 47.7 Å². The van der Waals surface area contributed by atoms with E-state index in [1.165, 1.54) is 0 Å². The number of hydrogen-bond donors (Lipinski definition) is 2. The fourth-order valence-electron chi connectivity index (χ4n) is 1.28. The smallest absolute Gasteiger partial charge is 0.330 e. The fraction of sp³-hybridized carbons (Fsp3) is 0.444. The molecule has 0 saturated carbocycles. The first-order chi connectivity index (χ1) is 14.2. The number of aliphatic hydroxyl groups excluding tert-OH is 1. The van der Waals surface area contributed by atoms with Crippen LogP contribution in [0.5, 0.6) is 0 Å². The molecule has 1 heterocycles. The number of carboxylic acid groups (broad SMARTS) is 1. The highest BCUT2D eigenvalue weighted by Gasteiger charge is 2.19. The lowest BCUT2D eigenvalue weighted by Gasteiger charge is -2.03. The van der Waals surface area contributed by atoms with Gasteiger partial charge in [0.1, 0.15) is 19.8 Å². The zero-order valence-corrected chi connectivity index (χ0v) is 16.2. The Morgan fingerprint density at radius 2 is 1.33 bits per heavy atom. The summed E-state index contributed by atoms with van der Waals surface area (Å²) in [4.78, 5) is 61.5. The first kappa shape index (κ1) is 28.7. The summed E-state index contributed by atoms with van der Waals surface area (Å²) in [6, 6.07) is 0. The topological polar surface area (TPSA) is 180 Å². The molecule has 0 bridgehead atoms. The van der Waals surface area contributed by atoms with Crippen LogP contribution in [0.3, 0.4) is 0 Å². The molecule has 0 aromatic rings. The Morgan fingerprint density at radius 3 is 1.70 bits per heavy atom. The van der Waals surface area contributed by atoms with Gasteiger partial charge in [0.25, 0.3) is 0 Å². The number of cyclic esters (lactones) is 2. The van der Waals surface area contributed by atoms with Gasteiger partial charge in [-0.1, -0.05) is 13.2 Å². The largest absolute Gasteiger partial charge is 0.481 e. The van der Waals surface area contributed by atoms with E-state index in [9.17, 15) is 28.8 Å². The summed E-state index contributed by atoms with van der Waals surface area (Å²) in [6.07, 6.45) is 2.11. The summed E-state index contributed by atoms with van der Waals surface area (Å²) >= 11 is 0. The first-order valence-corrected chi connectivity index (χ1v) is 8.46. The lowest BCUT2D eigenvalue weighted by molar-refractivity contribution is -0.152. The van der Waals surface area contributed by atoms with Crippen molar-refractivity contribution in [2.45, 2.75) is 25.7 Å². The number of aliphatic carboxylic acids is 1. The molecule has 0 spiro atoms. The van der Waals surface area contributed by atoms with Crippen LogP contribution in [0, 0.1) is 0 Å². The van der Waals surface area contributed by atoms with Crippen LogP contribution >= 0.6 is 0 Å². The maximum absolute atomic E-state index is 10.8. The summed E-state index contributed by atoms with van der Waals surface area (Å²) in [5, 5.41) is 16.3. The number of esters is 5. The van der Waals surface area contributed by atoms with Crippen molar-refractivity contribution < 1.29 is 57.9 Å². The Morgan fingerprint density at radius 1 is 0.867 bits per heavy atom. The predicted molar refractivity (Wildman–Crippen MR) is 97.6 cm³/mol. The number of aliphatic hydroxyl groups is 1. The van der Waals surface area contributed by atoms with Crippen molar-refractivity contribution in [3.05, 3.63) is 25.3 Å². The Bertz CT molecular complexity index is 609. The molecule has 0 amide bonds. The highest BCUT2D eigenvalue weighted by atomic mass is 16.6. The van der Waals surface area contributed by atoms with E-state index in [-0.39, 0.29) is 52.1 Å². The van der Waals surface area contributed by atoms with Crippen LogP contribution in [0.4, 0.5) is 0 Å². The van der Waals surface area contributed by atoms with Crippen molar-refractivity contribution in [3.63, 3.8) is 0 Å². The van der Waals surface area contributed by atoms with Gasteiger partial charge in [-0.15, -0.1) is 0 Å². The molecule has 1 aliphatic rings. The van der Waals surface area contributed by atoms with Crippen molar-refractivity contribution >= 4 is 35.8 Å². The van der Waals surface area contributed by atoms with E-state index in [2.05, 4.69) is 32.1 Å². The minimum Gasteiger partial charge on any atom is -0.481 e. The predicted octanol–water partition coefficient (Wildman–Crippen LogP) is -0.318. The van der Waals surface area contributed by atoms with E-state index < -0.39 is 35.8 Å². The number of rotatable bonds is 10. The lowest BCUT2D eigenvalue weighted by atomic mass is 10.3. The summed E-state index contributed by atoms with van der Waals surface area (Å²) in [5.74, 6) is -3.59. The Labute approximate surface area is 172 Å². The molecule has 0 unspecified atom stereocenters. The van der Waals surface area contributed by atoms with E-state index >= 15 is 0 Å². The van der Waals surface area contributed by atoms with Crippen LogP contribution in [0.2, 0.25) is 0 Å². The van der Waals surface area contributed by atoms with E-state index in [0.717, 1.165) is 12.2 Å². The molecule has 12 nitrogen and oxygen atoms in total. The molecule has 30 heavy (non-hydrogen) atoms. The normalized spacial score (nSPS) is 11.4. The molecule has 1 rings (SSSR count). The third-order valence-electron chi connectivity index (χ3n) is 2.56. The van der Waals surface area contributed by atoms with Crippen molar-refractivity contribution in [1.29, 1.82) is 0 Å². The monoisotopic (exact) mass is 432 g/mol. The van der Waals surface area contributed by atoms with Gasteiger partial charge in [-0.25, -0.2) is 9.59 Å². The molecule has 0 aliphatic carbocycles. The molecule has 0 aromatic heterocycles. The molecule has 12 heteroatoms. The van der Waals surface area contributed by atoms with E-state index in [1.54, 1.807) is 0 Å². The third-order valence-corrected chi connectivity index (χ3v) is 2.56. The zero-order valence-electron chi connectivity index (χ0n) is 16.2. The number of ether oxygens (including phenoxy) is 4. The Hall–Kier alpha value is -3.54. The van der Waals surface area contributed by atoms with Gasteiger partial charge in [-0.2, -0.15) is 0 Å². The molecule has 0 atom stereocenters. The van der Waals surface area contributed by atoms with Crippen molar-refractivity contribution in [1.82, 2.24) is 0 Å². The molecule has 1 saturated heterocycles. The molecule has 2 N–H and O–H groups in total. The third kappa shape index (κ3) is 20.8. The lowest BCUT2D eigenvalue weighted by Crippen LogP contribution is -2.13. The SMILES string of the molecule is C=CC(=O)OCCO.C=CC(=O)OCCOC(=O)CCC(=O)O.O=C1CCC(=O)O1. The van der Waals surface area contributed by atoms with Crippen LogP contribution in [0.1, 0.15) is 25.7 Å². The van der Waals surface area contributed by atoms with Crippen molar-refractivity contribution in [3.8, 4) is 0 Å². The molecule has 0 radical (unpaired) electrons. The average Bonchev–Trinajstić information content (AvgIpc) is 3.10. The molecule has 168 valence electrons. The summed E-state index contributed by atoms with van der Waals surface area (Å²) in [5.41, 5.74) is 0. The molecular formula is C18H24O12. The van der Waals surface area contributed by atoms with Gasteiger partial charge in [0.2, 0.25) is 0 Å². The van der Waals surface area contributed by atoms with Crippen LogP contribution in [0.15, 0.2) is 25.3 Å². The molecule has 1 fully saturated rings. The van der Waals surface area contributed by atoms with Gasteiger partial charge in [0.05, 0.1) is 32.3 Å². The van der Waals surface area contributed by atoms with Crippen LogP contribution in [-0.4, -0.2) is 72.5 Å². The first-order valence-electron chi connectivity index (χ1n) is 8.46. The fourth-order valence-corrected chi connectivity index (χ4v) is 1.28. The minimum absolute atomic E-state index is 0.0465. The number of carbonyl (C=O) groups excluding carboxylic acids is 5. The standard InChI is InChI=1S/C9H12O6.C5H8O3.C4H4O3/c1-2-8(12)14-5-6-15-9(13)4-3-7(10)11;1-2-5(7)8-4-3-6;5-3-1-2-4(6)7-3/h2H,1,3-6H2,(H,10,11);2,6H,1,3-4H2;1-2H2. The minimum atomic E-state index is -1.06. The summed E-state index contributed by atoms with van der Waals surface area (Å²) < 4.78 is 17.5. The highest BCUT2D eigenvalue weighted by Crippen LogP contribution is 2.03. The quantitative estimate of drug-likeness (QED) is 0.151. The van der Waals surface area contributed by atoms with Gasteiger partial charge < -0.3 is 29.2 Å². The van der Waals surface area contributed by atoms with Crippen LogP contribution < -0.4 is 0 Å². The maximum Gasteiger partial charge on any atom is 0.330 e. The second-order valence-electron chi connectivity index (χ2n) is 4.93. The molecular weight excluding hydrogens is 408 g/mol. The second-order valence-corrected chi connectivity index (χ2v) is 4.93. The van der Waals surface area contributed by atoms with Crippen molar-refractivity contribution in [2.75, 3.05) is 26.4 Å². The highest BCUT2D eigenvalue weighted by molar-refractivity contribution is 5.92. The van der Waals surface area contributed by atoms with Crippen LogP contribution in [0.25, 0.3) is 0 Å². The average molecular weight is 432 g/mol. The van der Waals surface area contributed by atoms with E-state index in [0.29, 0.717) is 0 Å². The number of carbonyl (C=O) groups is 6. The van der Waals surface area contributed by atoms with Gasteiger partial charge >= 0.3 is 35.8 Å². The molecule has 0 aromatic carbocycles. The number of hydrogen-bond acceptors (Lipinski definition) is 11. The van der Waals surface area contributed by atoms with Gasteiger partial charge in [-0.3, -0.25) is 19.2 Å². The second kappa shape index (κ2) is 18.8. The van der Waals surface area contributed by atoms with E-state index in [1.807, 2.05) is 0 Å². The maximum atomic E-state index is 10.8. The molecule has 1 aliphatic heterocycles. The van der Waals surface area contributed by atoms with Gasteiger partial charge in [-0.05, 0) is 0 Å². The summed E-state index contributed by atoms with van der Waals surface area (Å²) in [7, 11) is 0. The Kier molecular flexibility index (Phi) is 18.0. The summed E-state index contributed by atoms with van der Waals surface area (Å²) in [6.45, 7) is 6.09.